The lowest BCUT2D eigenvalue weighted by Gasteiger charge is -1.93. The van der Waals surface area contributed by atoms with Crippen LogP contribution in [0, 0.1) is 4.91 Å². The number of aromatic nitrogens is 2. The van der Waals surface area contributed by atoms with E-state index < -0.39 is 0 Å². The van der Waals surface area contributed by atoms with E-state index >= 15 is 0 Å². The van der Waals surface area contributed by atoms with Crippen LogP contribution in [0.3, 0.4) is 0 Å². The zero-order valence-corrected chi connectivity index (χ0v) is 8.14. The summed E-state index contributed by atoms with van der Waals surface area (Å²) in [5.74, 6) is 0. The lowest BCUT2D eigenvalue weighted by molar-refractivity contribution is -0.754. The highest BCUT2D eigenvalue weighted by Crippen LogP contribution is 2.18. The Labute approximate surface area is 85.6 Å². The SMILES string of the molecule is C/C(=C/c1cccc2[nH]ncc12)[N+](=O)O. The lowest BCUT2D eigenvalue weighted by Crippen LogP contribution is -1.96. The Bertz CT molecular complexity index is 542. The molecule has 0 saturated heterocycles. The third-order valence-electron chi connectivity index (χ3n) is 2.18. The van der Waals surface area contributed by atoms with Gasteiger partial charge in [0.15, 0.2) is 0 Å². The zero-order valence-electron chi connectivity index (χ0n) is 8.14. The van der Waals surface area contributed by atoms with Crippen LogP contribution < -0.4 is 0 Å². The molecule has 0 spiro atoms. The van der Waals surface area contributed by atoms with Crippen LogP contribution in [0.2, 0.25) is 0 Å². The summed E-state index contributed by atoms with van der Waals surface area (Å²) in [5, 5.41) is 16.3. The summed E-state index contributed by atoms with van der Waals surface area (Å²) in [6, 6.07) is 5.60. The molecule has 0 aliphatic rings. The molecular weight excluding hydrogens is 194 g/mol. The normalized spacial score (nSPS) is 11.9. The van der Waals surface area contributed by atoms with Gasteiger partial charge in [0.1, 0.15) is 0 Å². The minimum absolute atomic E-state index is 0.154. The average molecular weight is 204 g/mol. The van der Waals surface area contributed by atoms with E-state index in [-0.39, 0.29) is 10.6 Å². The van der Waals surface area contributed by atoms with Crippen LogP contribution in [0.1, 0.15) is 12.5 Å². The van der Waals surface area contributed by atoms with Gasteiger partial charge < -0.3 is 0 Å². The van der Waals surface area contributed by atoms with E-state index in [4.69, 9.17) is 5.21 Å². The van der Waals surface area contributed by atoms with E-state index in [9.17, 15) is 4.91 Å². The second-order valence-corrected chi connectivity index (χ2v) is 3.24. The Balaban J connectivity index is 2.57. The maximum Gasteiger partial charge on any atom is 0.290 e. The highest BCUT2D eigenvalue weighted by Gasteiger charge is 2.10. The molecule has 5 nitrogen and oxygen atoms in total. The standard InChI is InChI=1S/C10H10N3O2/c1-7(13(14)15)5-8-3-2-4-10-9(8)6-11-12-10/h2-6H,1H3,(H,11,12)(H,14,15)/q+1/b7-5-. The predicted molar refractivity (Wildman–Crippen MR) is 55.2 cm³/mol. The summed E-state index contributed by atoms with van der Waals surface area (Å²) < 4.78 is 0. The van der Waals surface area contributed by atoms with Gasteiger partial charge in [0.2, 0.25) is 0 Å². The van der Waals surface area contributed by atoms with Crippen molar-refractivity contribution >= 4 is 17.0 Å². The Morgan fingerprint density at radius 2 is 2.40 bits per heavy atom. The number of nitrogens with one attached hydrogen (secondary N) is 1. The first-order chi connectivity index (χ1) is 7.18. The van der Waals surface area contributed by atoms with Crippen molar-refractivity contribution in [3.05, 3.63) is 40.6 Å². The van der Waals surface area contributed by atoms with E-state index in [2.05, 4.69) is 10.2 Å². The van der Waals surface area contributed by atoms with Crippen LogP contribution >= 0.6 is 0 Å². The number of aromatic amines is 1. The second kappa shape index (κ2) is 3.53. The summed E-state index contributed by atoms with van der Waals surface area (Å²) in [6.45, 7) is 1.53. The number of allylic oxidation sites excluding steroid dienone is 1. The quantitative estimate of drug-likeness (QED) is 0.736. The first kappa shape index (κ1) is 9.39. The molecule has 0 bridgehead atoms. The number of H-pyrrole nitrogens is 1. The summed E-state index contributed by atoms with van der Waals surface area (Å²) >= 11 is 0. The fraction of sp³-hybridized carbons (Fsp3) is 0.100. The van der Waals surface area contributed by atoms with Crippen LogP contribution in [0.4, 0.5) is 0 Å². The average Bonchev–Trinajstić information content (AvgIpc) is 2.66. The molecule has 2 aromatic rings. The van der Waals surface area contributed by atoms with Gasteiger partial charge in [-0.2, -0.15) is 5.10 Å². The number of nitrogens with zero attached hydrogens (tertiary/aromatic N) is 2. The van der Waals surface area contributed by atoms with Crippen molar-refractivity contribution in [1.29, 1.82) is 0 Å². The molecule has 0 fully saturated rings. The van der Waals surface area contributed by atoms with E-state index in [1.807, 2.05) is 18.2 Å². The summed E-state index contributed by atoms with van der Waals surface area (Å²) in [6.07, 6.45) is 3.28. The molecule has 2 rings (SSSR count). The first-order valence-electron chi connectivity index (χ1n) is 4.45. The van der Waals surface area contributed by atoms with Gasteiger partial charge in [-0.15, -0.1) is 0 Å². The number of benzene rings is 1. The summed E-state index contributed by atoms with van der Waals surface area (Å²) in [4.78, 5) is 10.4. The minimum atomic E-state index is -0.154. The van der Waals surface area contributed by atoms with Crippen molar-refractivity contribution in [1.82, 2.24) is 10.2 Å². The highest BCUT2D eigenvalue weighted by atomic mass is 16.6. The molecule has 1 heterocycles. The maximum atomic E-state index is 10.6. The lowest BCUT2D eigenvalue weighted by atomic mass is 10.1. The van der Waals surface area contributed by atoms with E-state index in [0.717, 1.165) is 16.5 Å². The Kier molecular flexibility index (Phi) is 2.21. The predicted octanol–water partition coefficient (Wildman–Crippen LogP) is 2.09. The number of rotatable bonds is 2. The third kappa shape index (κ3) is 1.71. The first-order valence-corrected chi connectivity index (χ1v) is 4.45. The van der Waals surface area contributed by atoms with Gasteiger partial charge in [0.05, 0.1) is 16.6 Å². The number of hydrogen-bond donors (Lipinski definition) is 2. The van der Waals surface area contributed by atoms with Crippen LogP contribution in [0.5, 0.6) is 0 Å². The Morgan fingerprint density at radius 1 is 1.60 bits per heavy atom. The van der Waals surface area contributed by atoms with Gasteiger partial charge in [-0.1, -0.05) is 12.1 Å². The van der Waals surface area contributed by atoms with Crippen molar-refractivity contribution in [3.63, 3.8) is 0 Å². The highest BCUT2D eigenvalue weighted by molar-refractivity contribution is 5.87. The molecule has 0 aliphatic heterocycles. The van der Waals surface area contributed by atoms with Crippen molar-refractivity contribution < 1.29 is 10.1 Å². The molecule has 1 aromatic heterocycles. The van der Waals surface area contributed by atoms with Gasteiger partial charge in [0, 0.05) is 18.4 Å². The molecule has 2 N–H and O–H groups in total. The minimum Gasteiger partial charge on any atom is -0.278 e. The van der Waals surface area contributed by atoms with Crippen LogP contribution in [-0.4, -0.2) is 20.3 Å². The van der Waals surface area contributed by atoms with Crippen molar-refractivity contribution in [3.8, 4) is 0 Å². The largest absolute Gasteiger partial charge is 0.290 e. The van der Waals surface area contributed by atoms with Gasteiger partial charge in [0.25, 0.3) is 10.6 Å². The molecule has 0 aliphatic carbocycles. The molecule has 15 heavy (non-hydrogen) atoms. The number of fused-ring (bicyclic) bond motifs is 1. The van der Waals surface area contributed by atoms with Crippen molar-refractivity contribution in [2.24, 2.45) is 0 Å². The fourth-order valence-electron chi connectivity index (χ4n) is 1.40. The maximum absolute atomic E-state index is 10.6. The molecule has 1 aromatic carbocycles. The number of hydrogen-bond acceptors (Lipinski definition) is 2. The summed E-state index contributed by atoms with van der Waals surface area (Å²) in [5.41, 5.74) is 1.96. The van der Waals surface area contributed by atoms with Crippen molar-refractivity contribution in [2.75, 3.05) is 0 Å². The molecule has 5 heteroatoms. The topological polar surface area (TPSA) is 69.0 Å². The van der Waals surface area contributed by atoms with E-state index in [0.29, 0.717) is 0 Å². The summed E-state index contributed by atoms with van der Waals surface area (Å²) in [7, 11) is 0. The molecule has 0 atom stereocenters. The van der Waals surface area contributed by atoms with E-state index in [1.165, 1.54) is 6.92 Å². The van der Waals surface area contributed by atoms with Crippen LogP contribution in [-0.2, 0) is 0 Å². The molecule has 0 amide bonds. The second-order valence-electron chi connectivity index (χ2n) is 3.24. The molecular formula is C10H10N3O2+. The van der Waals surface area contributed by atoms with Gasteiger partial charge in [-0.3, -0.25) is 5.10 Å². The smallest absolute Gasteiger partial charge is 0.278 e. The van der Waals surface area contributed by atoms with Crippen LogP contribution in [0.25, 0.3) is 17.0 Å². The molecule has 0 saturated carbocycles. The molecule has 76 valence electrons. The van der Waals surface area contributed by atoms with Gasteiger partial charge in [-0.05, 0) is 11.6 Å². The van der Waals surface area contributed by atoms with Gasteiger partial charge >= 0.3 is 0 Å². The third-order valence-corrected chi connectivity index (χ3v) is 2.18. The fourth-order valence-corrected chi connectivity index (χ4v) is 1.40. The Morgan fingerprint density at radius 3 is 3.13 bits per heavy atom. The van der Waals surface area contributed by atoms with Crippen molar-refractivity contribution in [2.45, 2.75) is 6.92 Å². The van der Waals surface area contributed by atoms with E-state index in [1.54, 1.807) is 12.3 Å². The molecule has 0 radical (unpaired) electrons. The Hall–Kier alpha value is -2.17. The van der Waals surface area contributed by atoms with Gasteiger partial charge in [-0.25, -0.2) is 5.21 Å². The zero-order chi connectivity index (χ0) is 10.8. The monoisotopic (exact) mass is 204 g/mol. The van der Waals surface area contributed by atoms with Crippen LogP contribution in [0.15, 0.2) is 30.1 Å². The molecule has 0 unspecified atom stereocenters.